The van der Waals surface area contributed by atoms with Gasteiger partial charge in [0.2, 0.25) is 17.7 Å². The molecule has 0 spiro atoms. The molecule has 0 aliphatic heterocycles. The topological polar surface area (TPSA) is 198 Å². The number of carbonyl (C=O) groups excluding carboxylic acids is 4. The van der Waals surface area contributed by atoms with Crippen LogP contribution < -0.4 is 21.3 Å². The van der Waals surface area contributed by atoms with E-state index in [4.69, 9.17) is 4.74 Å². The van der Waals surface area contributed by atoms with Crippen molar-refractivity contribution in [2.45, 2.75) is 99.1 Å². The third-order valence-corrected chi connectivity index (χ3v) is 7.93. The van der Waals surface area contributed by atoms with Crippen LogP contribution in [0.2, 0.25) is 0 Å². The molecule has 0 saturated heterocycles. The lowest BCUT2D eigenvalue weighted by Gasteiger charge is -2.30. The molecule has 1 rings (SSSR count). The van der Waals surface area contributed by atoms with Crippen molar-refractivity contribution in [3.8, 4) is 0 Å². The summed E-state index contributed by atoms with van der Waals surface area (Å²) in [5.74, 6) is -2.43. The van der Waals surface area contributed by atoms with Crippen LogP contribution in [0.15, 0.2) is 6.20 Å². The molecule has 0 saturated carbocycles. The molecule has 0 aliphatic rings. The maximum absolute atomic E-state index is 13.3. The van der Waals surface area contributed by atoms with E-state index in [1.165, 1.54) is 0 Å². The lowest BCUT2D eigenvalue weighted by Crippen LogP contribution is -2.55. The highest BCUT2D eigenvalue weighted by atomic mass is 32.2. The maximum atomic E-state index is 13.3. The number of aliphatic hydroxyl groups excluding tert-OH is 1. The largest absolute Gasteiger partial charge is 0.441 e. The second-order valence-electron chi connectivity index (χ2n) is 13.1. The molecule has 45 heavy (non-hydrogen) atoms. The maximum Gasteiger partial charge on any atom is 0.408 e. The standard InChI is InChI=1S/C30H54N6O8S/c1-17(2)11-22(24(37)12-20(7)27(38)35-26(19(5)6)29(40)31-13-18(3)4)33-28(39)23(16-45(10,42)43)34-30(41)44-15-25-32-21(8)14-36(25)9/h14,17-20,22-24,26,37H,11-13,15-16H2,1-10H3,(H,31,40)(H,33,39)(H,34,41)(H,35,38)/t20-,22-,23+,24+,26-/m1/s1. The van der Waals surface area contributed by atoms with Crippen molar-refractivity contribution in [1.82, 2.24) is 30.8 Å². The number of aliphatic hydroxyl groups is 1. The molecule has 1 aromatic rings. The molecule has 5 N–H and O–H groups in total. The van der Waals surface area contributed by atoms with E-state index in [0.29, 0.717) is 18.8 Å². The highest BCUT2D eigenvalue weighted by Crippen LogP contribution is 2.17. The molecular weight excluding hydrogens is 604 g/mol. The summed E-state index contributed by atoms with van der Waals surface area (Å²) in [4.78, 5) is 55.8. The molecule has 5 atom stereocenters. The second-order valence-corrected chi connectivity index (χ2v) is 15.3. The Morgan fingerprint density at radius 3 is 2.04 bits per heavy atom. The molecule has 0 bridgehead atoms. The van der Waals surface area contributed by atoms with Gasteiger partial charge in [0.15, 0.2) is 6.61 Å². The summed E-state index contributed by atoms with van der Waals surface area (Å²) in [6.07, 6.45) is 0.739. The summed E-state index contributed by atoms with van der Waals surface area (Å²) in [7, 11) is -1.99. The molecule has 1 aromatic heterocycles. The van der Waals surface area contributed by atoms with E-state index < -0.39 is 63.6 Å². The fraction of sp³-hybridized carbons (Fsp3) is 0.767. The Balaban J connectivity index is 2.98. The number of nitrogens with zero attached hydrogens (tertiary/aromatic N) is 2. The van der Waals surface area contributed by atoms with E-state index >= 15 is 0 Å². The van der Waals surface area contributed by atoms with Crippen LogP contribution in [-0.4, -0.2) is 89.7 Å². The number of aromatic nitrogens is 2. The van der Waals surface area contributed by atoms with Crippen LogP contribution >= 0.6 is 0 Å². The molecule has 0 fully saturated rings. The molecule has 258 valence electrons. The number of aryl methyl sites for hydroxylation is 2. The van der Waals surface area contributed by atoms with E-state index in [2.05, 4.69) is 26.3 Å². The minimum absolute atomic E-state index is 0.0107. The smallest absolute Gasteiger partial charge is 0.408 e. The van der Waals surface area contributed by atoms with Gasteiger partial charge in [-0.15, -0.1) is 0 Å². The number of ether oxygens (including phenoxy) is 1. The first-order valence-corrected chi connectivity index (χ1v) is 17.4. The van der Waals surface area contributed by atoms with Crippen LogP contribution in [0.5, 0.6) is 0 Å². The zero-order chi connectivity index (χ0) is 34.6. The molecule has 4 amide bonds. The van der Waals surface area contributed by atoms with E-state index in [0.717, 1.165) is 11.9 Å². The van der Waals surface area contributed by atoms with Crippen LogP contribution in [0.3, 0.4) is 0 Å². The summed E-state index contributed by atoms with van der Waals surface area (Å²) < 4.78 is 31.1. The predicted octanol–water partition coefficient (Wildman–Crippen LogP) is 1.20. The van der Waals surface area contributed by atoms with Crippen molar-refractivity contribution in [3.63, 3.8) is 0 Å². The monoisotopic (exact) mass is 658 g/mol. The summed E-state index contributed by atoms with van der Waals surface area (Å²) in [5, 5.41) is 21.7. The van der Waals surface area contributed by atoms with Gasteiger partial charge in [-0.05, 0) is 37.5 Å². The first-order chi connectivity index (χ1) is 20.7. The van der Waals surface area contributed by atoms with Crippen LogP contribution in [0.1, 0.15) is 72.8 Å². The first kappa shape index (κ1) is 39.8. The number of imidazole rings is 1. The average Bonchev–Trinajstić information content (AvgIpc) is 3.23. The van der Waals surface area contributed by atoms with Crippen LogP contribution in [0.4, 0.5) is 4.79 Å². The van der Waals surface area contributed by atoms with Gasteiger partial charge in [0.1, 0.15) is 27.7 Å². The van der Waals surface area contributed by atoms with E-state index in [-0.39, 0.29) is 36.7 Å². The minimum Gasteiger partial charge on any atom is -0.441 e. The molecule has 14 nitrogen and oxygen atoms in total. The van der Waals surface area contributed by atoms with Gasteiger partial charge in [0.05, 0.1) is 23.6 Å². The first-order valence-electron chi connectivity index (χ1n) is 15.4. The van der Waals surface area contributed by atoms with Gasteiger partial charge < -0.3 is 35.7 Å². The number of sulfone groups is 1. The Morgan fingerprint density at radius 2 is 1.56 bits per heavy atom. The molecule has 0 aromatic carbocycles. The zero-order valence-electron chi connectivity index (χ0n) is 28.3. The summed E-state index contributed by atoms with van der Waals surface area (Å²) in [6.45, 7) is 15.0. The molecule has 0 aliphatic carbocycles. The minimum atomic E-state index is -3.72. The van der Waals surface area contributed by atoms with Crippen molar-refractivity contribution in [2.24, 2.45) is 30.7 Å². The van der Waals surface area contributed by atoms with Crippen molar-refractivity contribution in [2.75, 3.05) is 18.6 Å². The van der Waals surface area contributed by atoms with Gasteiger partial charge in [-0.1, -0.05) is 48.5 Å². The fourth-order valence-corrected chi connectivity index (χ4v) is 5.42. The third kappa shape index (κ3) is 15.1. The van der Waals surface area contributed by atoms with Gasteiger partial charge in [-0.2, -0.15) is 0 Å². The van der Waals surface area contributed by atoms with E-state index in [9.17, 15) is 32.7 Å². The molecule has 0 radical (unpaired) electrons. The summed E-state index contributed by atoms with van der Waals surface area (Å²) in [6, 6.07) is -3.13. The predicted molar refractivity (Wildman–Crippen MR) is 171 cm³/mol. The SMILES string of the molecule is Cc1cn(C)c(COC(=O)N[C@@H](CS(C)(=O)=O)C(=O)N[C@H](CC(C)C)[C@@H](O)C[C@@H](C)C(=O)N[C@@H](C(=O)NCC(C)C)C(C)C)n1. The molecule has 0 unspecified atom stereocenters. The number of nitrogens with one attached hydrogen (secondary N) is 4. The third-order valence-electron chi connectivity index (χ3n) is 6.99. The second kappa shape index (κ2) is 18.1. The number of amides is 4. The number of rotatable bonds is 18. The van der Waals surface area contributed by atoms with E-state index in [1.54, 1.807) is 31.7 Å². The molecular formula is C30H54N6O8S. The lowest BCUT2D eigenvalue weighted by atomic mass is 9.91. The van der Waals surface area contributed by atoms with Crippen LogP contribution in [0, 0.1) is 30.6 Å². The quantitative estimate of drug-likeness (QED) is 0.154. The summed E-state index contributed by atoms with van der Waals surface area (Å²) in [5.41, 5.74) is 0.722. The van der Waals surface area contributed by atoms with Gasteiger partial charge in [-0.3, -0.25) is 14.4 Å². The lowest BCUT2D eigenvalue weighted by molar-refractivity contribution is -0.132. The van der Waals surface area contributed by atoms with Crippen molar-refractivity contribution >= 4 is 33.7 Å². The van der Waals surface area contributed by atoms with Crippen LogP contribution in [0.25, 0.3) is 0 Å². The highest BCUT2D eigenvalue weighted by molar-refractivity contribution is 7.90. The Morgan fingerprint density at radius 1 is 0.933 bits per heavy atom. The van der Waals surface area contributed by atoms with E-state index in [1.807, 2.05) is 41.5 Å². The van der Waals surface area contributed by atoms with Crippen molar-refractivity contribution in [3.05, 3.63) is 17.7 Å². The molecule has 1 heterocycles. The number of hydrogen-bond acceptors (Lipinski definition) is 9. The van der Waals surface area contributed by atoms with Crippen LogP contribution in [-0.2, 0) is 42.6 Å². The van der Waals surface area contributed by atoms with Gasteiger partial charge in [0, 0.05) is 32.0 Å². The van der Waals surface area contributed by atoms with Gasteiger partial charge in [-0.25, -0.2) is 18.2 Å². The average molecular weight is 659 g/mol. The molecule has 15 heteroatoms. The van der Waals surface area contributed by atoms with Crippen molar-refractivity contribution in [1.29, 1.82) is 0 Å². The Hall–Kier alpha value is -3.20. The van der Waals surface area contributed by atoms with Gasteiger partial charge in [0.25, 0.3) is 0 Å². The van der Waals surface area contributed by atoms with Crippen molar-refractivity contribution < 1.29 is 37.4 Å². The highest BCUT2D eigenvalue weighted by Gasteiger charge is 2.33. The fourth-order valence-electron chi connectivity index (χ4n) is 4.58. The van der Waals surface area contributed by atoms with Gasteiger partial charge >= 0.3 is 6.09 Å². The summed E-state index contributed by atoms with van der Waals surface area (Å²) >= 11 is 0. The normalized spacial score (nSPS) is 15.2. The Labute approximate surface area is 267 Å². The zero-order valence-corrected chi connectivity index (χ0v) is 29.2. The number of alkyl carbamates (subject to hydrolysis) is 1. The Bertz CT molecular complexity index is 1250. The Kier molecular flexibility index (Phi) is 16.0. The number of carbonyl (C=O) groups is 4. The number of hydrogen-bond donors (Lipinski definition) is 5.